The molecule has 0 saturated carbocycles. The normalized spacial score (nSPS) is 44.4. The van der Waals surface area contributed by atoms with Crippen LogP contribution in [0.3, 0.4) is 0 Å². The number of carbonyl (C=O) groups excluding carboxylic acids is 2. The molecule has 0 aromatic rings. The van der Waals surface area contributed by atoms with E-state index in [9.17, 15) is 14.7 Å². The third-order valence-corrected chi connectivity index (χ3v) is 3.76. The SMILES string of the molecule is CCC1=C[C@]2(O)C(=O)O[C@H]1[C@@H]1C(=O)C=C[C@@H]12. The standard InChI is InChI=1S/C12H12O4/c1-2-6-5-12(15)7-3-4-8(13)9(7)10(6)16-11(12)14/h3-5,7,9-10,15H,2H2,1H3/t7-,9-,10+,12+/m0/s1. The average molecular weight is 220 g/mol. The number of esters is 1. The second-order valence-corrected chi connectivity index (χ2v) is 4.54. The molecule has 2 aliphatic heterocycles. The minimum absolute atomic E-state index is 0.0556. The molecule has 0 aromatic heterocycles. The molecule has 2 heterocycles. The van der Waals surface area contributed by atoms with Crippen molar-refractivity contribution in [1.82, 2.24) is 0 Å². The van der Waals surface area contributed by atoms with Crippen molar-refractivity contribution in [2.75, 3.05) is 0 Å². The maximum atomic E-state index is 11.7. The van der Waals surface area contributed by atoms with Gasteiger partial charge in [0, 0.05) is 5.92 Å². The van der Waals surface area contributed by atoms with E-state index in [0.717, 1.165) is 5.57 Å². The van der Waals surface area contributed by atoms with E-state index in [0.29, 0.717) is 6.42 Å². The lowest BCUT2D eigenvalue weighted by Gasteiger charge is -2.46. The van der Waals surface area contributed by atoms with Gasteiger partial charge in [0.05, 0.1) is 5.92 Å². The molecule has 4 aliphatic rings. The van der Waals surface area contributed by atoms with Gasteiger partial charge in [-0.1, -0.05) is 13.0 Å². The number of hydrogen-bond donors (Lipinski definition) is 1. The summed E-state index contributed by atoms with van der Waals surface area (Å²) >= 11 is 0. The maximum absolute atomic E-state index is 11.7. The molecule has 4 heteroatoms. The first-order valence-electron chi connectivity index (χ1n) is 5.45. The van der Waals surface area contributed by atoms with Gasteiger partial charge in [-0.05, 0) is 24.1 Å². The Hall–Kier alpha value is -1.42. The second-order valence-electron chi connectivity index (χ2n) is 4.54. The van der Waals surface area contributed by atoms with Crippen LogP contribution in [0.5, 0.6) is 0 Å². The van der Waals surface area contributed by atoms with E-state index in [2.05, 4.69) is 0 Å². The van der Waals surface area contributed by atoms with Crippen LogP contribution in [0.15, 0.2) is 23.8 Å². The Morgan fingerprint density at radius 1 is 1.50 bits per heavy atom. The molecular weight excluding hydrogens is 208 g/mol. The highest BCUT2D eigenvalue weighted by Crippen LogP contribution is 2.48. The molecule has 0 unspecified atom stereocenters. The summed E-state index contributed by atoms with van der Waals surface area (Å²) in [6, 6.07) is 0. The molecule has 4 nitrogen and oxygen atoms in total. The quantitative estimate of drug-likeness (QED) is 0.512. The number of ketones is 1. The fraction of sp³-hybridized carbons (Fsp3) is 0.500. The van der Waals surface area contributed by atoms with Crippen LogP contribution in [-0.4, -0.2) is 28.6 Å². The van der Waals surface area contributed by atoms with Gasteiger partial charge < -0.3 is 9.84 Å². The zero-order valence-corrected chi connectivity index (χ0v) is 8.84. The van der Waals surface area contributed by atoms with Crippen LogP contribution >= 0.6 is 0 Å². The first-order chi connectivity index (χ1) is 7.58. The lowest BCUT2D eigenvalue weighted by Crippen LogP contribution is -2.61. The molecule has 0 radical (unpaired) electrons. The molecule has 84 valence electrons. The lowest BCUT2D eigenvalue weighted by atomic mass is 9.67. The Morgan fingerprint density at radius 2 is 2.25 bits per heavy atom. The Morgan fingerprint density at radius 3 is 2.94 bits per heavy atom. The predicted molar refractivity (Wildman–Crippen MR) is 54.3 cm³/mol. The summed E-state index contributed by atoms with van der Waals surface area (Å²) < 4.78 is 5.16. The Kier molecular flexibility index (Phi) is 1.73. The molecule has 2 bridgehead atoms. The van der Waals surface area contributed by atoms with Crippen LogP contribution < -0.4 is 0 Å². The topological polar surface area (TPSA) is 63.6 Å². The first-order valence-corrected chi connectivity index (χ1v) is 5.45. The molecule has 1 saturated heterocycles. The minimum Gasteiger partial charge on any atom is -0.455 e. The highest BCUT2D eigenvalue weighted by Gasteiger charge is 2.61. The van der Waals surface area contributed by atoms with Crippen LogP contribution in [0.4, 0.5) is 0 Å². The Labute approximate surface area is 92.6 Å². The number of allylic oxidation sites excluding steroid dienone is 1. The van der Waals surface area contributed by atoms with Gasteiger partial charge in [0.25, 0.3) is 0 Å². The largest absolute Gasteiger partial charge is 0.455 e. The van der Waals surface area contributed by atoms with Gasteiger partial charge in [-0.15, -0.1) is 0 Å². The van der Waals surface area contributed by atoms with E-state index in [4.69, 9.17) is 4.74 Å². The maximum Gasteiger partial charge on any atom is 0.343 e. The summed E-state index contributed by atoms with van der Waals surface area (Å²) in [5, 5.41) is 10.3. The number of hydrogen-bond acceptors (Lipinski definition) is 4. The van der Waals surface area contributed by atoms with E-state index in [1.165, 1.54) is 6.08 Å². The van der Waals surface area contributed by atoms with Crippen molar-refractivity contribution in [3.63, 3.8) is 0 Å². The summed E-state index contributed by atoms with van der Waals surface area (Å²) in [6.07, 6.45) is 4.86. The van der Waals surface area contributed by atoms with E-state index in [-0.39, 0.29) is 5.78 Å². The third kappa shape index (κ3) is 0.930. The Balaban J connectivity index is 2.16. The van der Waals surface area contributed by atoms with Gasteiger partial charge >= 0.3 is 5.97 Å². The highest BCUT2D eigenvalue weighted by molar-refractivity contribution is 6.00. The summed E-state index contributed by atoms with van der Waals surface area (Å²) in [5.41, 5.74) is -0.784. The van der Waals surface area contributed by atoms with Crippen LogP contribution in [-0.2, 0) is 14.3 Å². The van der Waals surface area contributed by atoms with Crippen molar-refractivity contribution in [3.8, 4) is 0 Å². The Bertz CT molecular complexity index is 448. The number of rotatable bonds is 1. The van der Waals surface area contributed by atoms with E-state index >= 15 is 0 Å². The fourth-order valence-electron chi connectivity index (χ4n) is 2.91. The molecule has 4 rings (SSSR count). The van der Waals surface area contributed by atoms with E-state index < -0.39 is 29.5 Å². The summed E-state index contributed by atoms with van der Waals surface area (Å²) in [6.45, 7) is 1.92. The smallest absolute Gasteiger partial charge is 0.343 e. The van der Waals surface area contributed by atoms with Crippen LogP contribution in [0, 0.1) is 11.8 Å². The number of ether oxygens (including phenoxy) is 1. The van der Waals surface area contributed by atoms with Crippen molar-refractivity contribution in [2.24, 2.45) is 11.8 Å². The van der Waals surface area contributed by atoms with Gasteiger partial charge in [-0.2, -0.15) is 0 Å². The van der Waals surface area contributed by atoms with E-state index in [1.807, 2.05) is 6.92 Å². The minimum atomic E-state index is -1.63. The molecule has 0 spiro atoms. The van der Waals surface area contributed by atoms with Gasteiger partial charge in [0.15, 0.2) is 11.4 Å². The second kappa shape index (κ2) is 2.83. The molecule has 16 heavy (non-hydrogen) atoms. The van der Waals surface area contributed by atoms with Gasteiger partial charge in [-0.3, -0.25) is 4.79 Å². The number of aliphatic hydroxyl groups is 1. The molecule has 1 fully saturated rings. The van der Waals surface area contributed by atoms with Crippen molar-refractivity contribution in [3.05, 3.63) is 23.8 Å². The fourth-order valence-corrected chi connectivity index (χ4v) is 2.91. The zero-order chi connectivity index (χ0) is 11.5. The van der Waals surface area contributed by atoms with Crippen molar-refractivity contribution in [2.45, 2.75) is 25.0 Å². The molecule has 1 N–H and O–H groups in total. The van der Waals surface area contributed by atoms with Crippen molar-refractivity contribution < 1.29 is 19.4 Å². The average Bonchev–Trinajstić information content (AvgIpc) is 2.65. The molecule has 2 aliphatic carbocycles. The van der Waals surface area contributed by atoms with Gasteiger partial charge in [-0.25, -0.2) is 4.79 Å². The van der Waals surface area contributed by atoms with Gasteiger partial charge in [0.1, 0.15) is 6.10 Å². The zero-order valence-electron chi connectivity index (χ0n) is 8.84. The highest BCUT2D eigenvalue weighted by atomic mass is 16.6. The van der Waals surface area contributed by atoms with Crippen molar-refractivity contribution in [1.29, 1.82) is 0 Å². The summed E-state index contributed by atoms with van der Waals surface area (Å²) in [7, 11) is 0. The summed E-state index contributed by atoms with van der Waals surface area (Å²) in [5.74, 6) is -1.54. The van der Waals surface area contributed by atoms with E-state index in [1.54, 1.807) is 12.2 Å². The van der Waals surface area contributed by atoms with Crippen LogP contribution in [0.25, 0.3) is 0 Å². The third-order valence-electron chi connectivity index (χ3n) is 3.76. The lowest BCUT2D eigenvalue weighted by molar-refractivity contribution is -0.191. The molecule has 0 aromatic carbocycles. The molecule has 0 amide bonds. The summed E-state index contributed by atoms with van der Waals surface area (Å²) in [4.78, 5) is 23.3. The monoisotopic (exact) mass is 220 g/mol. The predicted octanol–water partition coefficient (Wildman–Crippen LogP) is 0.364. The molecule has 4 atom stereocenters. The number of fused-ring (bicyclic) bond motifs is 1. The van der Waals surface area contributed by atoms with Crippen LogP contribution in [0.1, 0.15) is 13.3 Å². The van der Waals surface area contributed by atoms with Crippen molar-refractivity contribution >= 4 is 11.8 Å². The number of carbonyl (C=O) groups is 2. The van der Waals surface area contributed by atoms with Crippen LogP contribution in [0.2, 0.25) is 0 Å². The van der Waals surface area contributed by atoms with Gasteiger partial charge in [0.2, 0.25) is 0 Å². The molecular formula is C12H12O4. The first kappa shape index (κ1) is 9.78.